The smallest absolute Gasteiger partial charge is 0.310 e. The Labute approximate surface area is 162 Å². The third-order valence-electron chi connectivity index (χ3n) is 3.94. The van der Waals surface area contributed by atoms with Crippen molar-refractivity contribution in [1.29, 1.82) is 0 Å². The van der Waals surface area contributed by atoms with Crippen LogP contribution in [0, 0.1) is 0 Å². The molecule has 0 saturated carbocycles. The summed E-state index contributed by atoms with van der Waals surface area (Å²) in [5, 5.41) is 3.29. The third-order valence-corrected chi connectivity index (χ3v) is 4.31. The number of benzene rings is 3. The minimum Gasteiger partial charge on any atom is -0.455 e. The summed E-state index contributed by atoms with van der Waals surface area (Å²) >= 11 is 6.03. The number of ether oxygens (including phenoxy) is 1. The standard InChI is InChI=1S/C22H18ClNO3/c23-19-12-6-4-10-17(19)14-22(26)27-15-21(25)24-20-13-7-5-11-18(20)16-8-2-1-3-9-16/h1-13H,14-15H2,(H,24,25). The van der Waals surface area contributed by atoms with Crippen LogP contribution in [-0.2, 0) is 20.7 Å². The lowest BCUT2D eigenvalue weighted by atomic mass is 10.0. The minimum absolute atomic E-state index is 0.0214. The summed E-state index contributed by atoms with van der Waals surface area (Å²) < 4.78 is 5.07. The SMILES string of the molecule is O=C(COC(=O)Cc1ccccc1Cl)Nc1ccccc1-c1ccccc1. The highest BCUT2D eigenvalue weighted by atomic mass is 35.5. The number of esters is 1. The molecule has 0 aliphatic carbocycles. The van der Waals surface area contributed by atoms with Crippen LogP contribution in [0.4, 0.5) is 5.69 Å². The Balaban J connectivity index is 1.59. The average Bonchev–Trinajstić information content (AvgIpc) is 2.69. The van der Waals surface area contributed by atoms with Crippen LogP contribution in [0.1, 0.15) is 5.56 Å². The Kier molecular flexibility index (Phi) is 6.23. The van der Waals surface area contributed by atoms with Crippen LogP contribution in [0.15, 0.2) is 78.9 Å². The molecule has 4 nitrogen and oxygen atoms in total. The quantitative estimate of drug-likeness (QED) is 0.630. The molecule has 3 aromatic rings. The molecule has 1 amide bonds. The van der Waals surface area contributed by atoms with Gasteiger partial charge < -0.3 is 10.1 Å². The first-order valence-electron chi connectivity index (χ1n) is 8.47. The van der Waals surface area contributed by atoms with E-state index in [4.69, 9.17) is 16.3 Å². The Hall–Kier alpha value is -3.11. The van der Waals surface area contributed by atoms with E-state index >= 15 is 0 Å². The first-order valence-corrected chi connectivity index (χ1v) is 8.84. The predicted molar refractivity (Wildman–Crippen MR) is 107 cm³/mol. The van der Waals surface area contributed by atoms with E-state index < -0.39 is 11.9 Å². The van der Waals surface area contributed by atoms with Crippen LogP contribution in [0.3, 0.4) is 0 Å². The van der Waals surface area contributed by atoms with Crippen molar-refractivity contribution in [2.45, 2.75) is 6.42 Å². The molecule has 0 aliphatic heterocycles. The molecule has 0 fully saturated rings. The van der Waals surface area contributed by atoms with Crippen LogP contribution in [0.5, 0.6) is 0 Å². The van der Waals surface area contributed by atoms with Gasteiger partial charge in [-0.1, -0.05) is 78.3 Å². The number of carbonyl (C=O) groups excluding carboxylic acids is 2. The van der Waals surface area contributed by atoms with Gasteiger partial charge in [-0.25, -0.2) is 0 Å². The second-order valence-corrected chi connectivity index (χ2v) is 6.30. The van der Waals surface area contributed by atoms with Gasteiger partial charge in [-0.15, -0.1) is 0 Å². The van der Waals surface area contributed by atoms with E-state index in [0.29, 0.717) is 16.3 Å². The highest BCUT2D eigenvalue weighted by molar-refractivity contribution is 6.31. The van der Waals surface area contributed by atoms with Crippen LogP contribution in [-0.4, -0.2) is 18.5 Å². The van der Waals surface area contributed by atoms with Crippen molar-refractivity contribution in [3.8, 4) is 11.1 Å². The van der Waals surface area contributed by atoms with E-state index in [2.05, 4.69) is 5.32 Å². The zero-order chi connectivity index (χ0) is 19.1. The summed E-state index contributed by atoms with van der Waals surface area (Å²) in [7, 11) is 0. The molecular formula is C22H18ClNO3. The lowest BCUT2D eigenvalue weighted by Crippen LogP contribution is -2.22. The Bertz CT molecular complexity index is 941. The summed E-state index contributed by atoms with van der Waals surface area (Å²) in [4.78, 5) is 24.2. The van der Waals surface area contributed by atoms with Crippen molar-refractivity contribution in [3.63, 3.8) is 0 Å². The van der Waals surface area contributed by atoms with Gasteiger partial charge in [0.2, 0.25) is 0 Å². The van der Waals surface area contributed by atoms with Crippen LogP contribution in [0.2, 0.25) is 5.02 Å². The first kappa shape index (κ1) is 18.7. The minimum atomic E-state index is -0.505. The Morgan fingerprint density at radius 1 is 0.852 bits per heavy atom. The van der Waals surface area contributed by atoms with Crippen LogP contribution >= 0.6 is 11.6 Å². The van der Waals surface area contributed by atoms with Gasteiger partial charge in [0.1, 0.15) is 0 Å². The first-order chi connectivity index (χ1) is 13.1. The largest absolute Gasteiger partial charge is 0.455 e. The summed E-state index contributed by atoms with van der Waals surface area (Å²) in [5.74, 6) is -0.902. The fourth-order valence-corrected chi connectivity index (χ4v) is 2.84. The molecule has 0 heterocycles. The van der Waals surface area contributed by atoms with E-state index in [1.54, 1.807) is 24.3 Å². The number of para-hydroxylation sites is 1. The predicted octanol–water partition coefficient (Wildman–Crippen LogP) is 4.73. The maximum Gasteiger partial charge on any atom is 0.310 e. The normalized spacial score (nSPS) is 10.3. The summed E-state index contributed by atoms with van der Waals surface area (Å²) in [6.07, 6.45) is 0.0214. The second-order valence-electron chi connectivity index (χ2n) is 5.89. The number of nitrogens with one attached hydrogen (secondary N) is 1. The van der Waals surface area contributed by atoms with Gasteiger partial charge in [0.05, 0.1) is 6.42 Å². The Morgan fingerprint density at radius 3 is 2.30 bits per heavy atom. The van der Waals surface area contributed by atoms with Crippen molar-refractivity contribution in [2.24, 2.45) is 0 Å². The van der Waals surface area contributed by atoms with Gasteiger partial charge in [0.15, 0.2) is 6.61 Å². The highest BCUT2D eigenvalue weighted by Crippen LogP contribution is 2.27. The number of rotatable bonds is 6. The molecule has 27 heavy (non-hydrogen) atoms. The molecular weight excluding hydrogens is 362 g/mol. The second kappa shape index (κ2) is 9.01. The number of hydrogen-bond acceptors (Lipinski definition) is 3. The number of halogens is 1. The van der Waals surface area contributed by atoms with Crippen molar-refractivity contribution in [1.82, 2.24) is 0 Å². The highest BCUT2D eigenvalue weighted by Gasteiger charge is 2.12. The lowest BCUT2D eigenvalue weighted by molar-refractivity contribution is -0.146. The van der Waals surface area contributed by atoms with Crippen LogP contribution < -0.4 is 5.32 Å². The number of carbonyl (C=O) groups is 2. The molecule has 0 bridgehead atoms. The molecule has 5 heteroatoms. The summed E-state index contributed by atoms with van der Waals surface area (Å²) in [6.45, 7) is -0.355. The van der Waals surface area contributed by atoms with Gasteiger partial charge in [-0.3, -0.25) is 9.59 Å². The molecule has 0 atom stereocenters. The number of anilines is 1. The average molecular weight is 380 g/mol. The molecule has 0 spiro atoms. The van der Waals surface area contributed by atoms with Gasteiger partial charge in [-0.2, -0.15) is 0 Å². The fraction of sp³-hybridized carbons (Fsp3) is 0.0909. The van der Waals surface area contributed by atoms with Gasteiger partial charge in [0, 0.05) is 16.3 Å². The van der Waals surface area contributed by atoms with Gasteiger partial charge in [-0.05, 0) is 23.3 Å². The third kappa shape index (κ3) is 5.19. The lowest BCUT2D eigenvalue weighted by Gasteiger charge is -2.11. The summed E-state index contributed by atoms with van der Waals surface area (Å²) in [5.41, 5.74) is 3.22. The van der Waals surface area contributed by atoms with E-state index in [-0.39, 0.29) is 13.0 Å². The van der Waals surface area contributed by atoms with Gasteiger partial charge >= 0.3 is 5.97 Å². The molecule has 136 valence electrons. The molecule has 0 radical (unpaired) electrons. The topological polar surface area (TPSA) is 55.4 Å². The van der Waals surface area contributed by atoms with E-state index in [0.717, 1.165) is 11.1 Å². The monoisotopic (exact) mass is 379 g/mol. The fourth-order valence-electron chi connectivity index (χ4n) is 2.64. The molecule has 0 aliphatic rings. The molecule has 3 rings (SSSR count). The molecule has 1 N–H and O–H groups in total. The van der Waals surface area contributed by atoms with E-state index in [1.165, 1.54) is 0 Å². The van der Waals surface area contributed by atoms with E-state index in [1.807, 2.05) is 54.6 Å². The summed E-state index contributed by atoms with van der Waals surface area (Å²) in [6, 6.07) is 24.3. The van der Waals surface area contributed by atoms with Crippen molar-refractivity contribution < 1.29 is 14.3 Å². The zero-order valence-corrected chi connectivity index (χ0v) is 15.3. The van der Waals surface area contributed by atoms with Crippen molar-refractivity contribution >= 4 is 29.2 Å². The zero-order valence-electron chi connectivity index (χ0n) is 14.5. The Morgan fingerprint density at radius 2 is 1.52 bits per heavy atom. The molecule has 0 saturated heterocycles. The van der Waals surface area contributed by atoms with Crippen molar-refractivity contribution in [3.05, 3.63) is 89.4 Å². The van der Waals surface area contributed by atoms with E-state index in [9.17, 15) is 9.59 Å². The van der Waals surface area contributed by atoms with Gasteiger partial charge in [0.25, 0.3) is 5.91 Å². The maximum absolute atomic E-state index is 12.2. The number of amides is 1. The maximum atomic E-state index is 12.2. The van der Waals surface area contributed by atoms with Crippen molar-refractivity contribution in [2.75, 3.05) is 11.9 Å². The van der Waals surface area contributed by atoms with Crippen LogP contribution in [0.25, 0.3) is 11.1 Å². The number of hydrogen-bond donors (Lipinski definition) is 1. The molecule has 0 unspecified atom stereocenters. The molecule has 0 aromatic heterocycles. The molecule has 3 aromatic carbocycles.